The number of amides is 1. The molecule has 0 saturated heterocycles. The van der Waals surface area contributed by atoms with Gasteiger partial charge in [0.1, 0.15) is 0 Å². The van der Waals surface area contributed by atoms with Crippen LogP contribution in [0.25, 0.3) is 0 Å². The second kappa shape index (κ2) is 5.54. The average molecular weight is 242 g/mol. The minimum atomic E-state index is -0.00497. The zero-order valence-corrected chi connectivity index (χ0v) is 10.8. The number of aryl methyl sites for hydroxylation is 2. The summed E-state index contributed by atoms with van der Waals surface area (Å²) in [6.45, 7) is 2.65. The fraction of sp³-hybridized carbons (Fsp3) is 0.267. The number of carbonyl (C=O) groups is 1. The van der Waals surface area contributed by atoms with Crippen molar-refractivity contribution >= 4 is 5.91 Å². The quantitative estimate of drug-likeness (QED) is 0.877. The van der Waals surface area contributed by atoms with Gasteiger partial charge in [0.25, 0.3) is 5.91 Å². The van der Waals surface area contributed by atoms with Crippen LogP contribution in [0.3, 0.4) is 0 Å². The van der Waals surface area contributed by atoms with Crippen LogP contribution >= 0.6 is 0 Å². The summed E-state index contributed by atoms with van der Waals surface area (Å²) in [6.07, 6.45) is 4.94. The first-order chi connectivity index (χ1) is 8.65. The Balaban J connectivity index is 1.85. The number of aromatic nitrogens is 1. The lowest BCUT2D eigenvalue weighted by molar-refractivity contribution is 0.0954. The standard InChI is InChI=1S/C15H18N2O/c1-12-4-3-5-14(10-12)15(18)16-8-6-13-7-9-17(2)11-13/h3-5,7,9-11H,6,8H2,1-2H3,(H,16,18). The first kappa shape index (κ1) is 12.4. The van der Waals surface area contributed by atoms with Gasteiger partial charge < -0.3 is 9.88 Å². The molecule has 0 unspecified atom stereocenters. The van der Waals surface area contributed by atoms with E-state index in [1.54, 1.807) is 0 Å². The second-order valence-electron chi connectivity index (χ2n) is 4.56. The van der Waals surface area contributed by atoms with Crippen LogP contribution in [-0.2, 0) is 13.5 Å². The van der Waals surface area contributed by atoms with Gasteiger partial charge in [0.15, 0.2) is 0 Å². The Kier molecular flexibility index (Phi) is 3.82. The summed E-state index contributed by atoms with van der Waals surface area (Å²) in [5.41, 5.74) is 3.07. The molecule has 0 bridgehead atoms. The van der Waals surface area contributed by atoms with Crippen molar-refractivity contribution in [2.24, 2.45) is 7.05 Å². The maximum atomic E-state index is 11.9. The predicted octanol–water partition coefficient (Wildman–Crippen LogP) is 2.31. The summed E-state index contributed by atoms with van der Waals surface area (Å²) in [5.74, 6) is -0.00497. The van der Waals surface area contributed by atoms with Gasteiger partial charge in [0.2, 0.25) is 0 Å². The maximum Gasteiger partial charge on any atom is 0.251 e. The molecule has 0 atom stereocenters. The van der Waals surface area contributed by atoms with Gasteiger partial charge in [-0.2, -0.15) is 0 Å². The first-order valence-corrected chi connectivity index (χ1v) is 6.11. The number of carbonyl (C=O) groups excluding carboxylic acids is 1. The van der Waals surface area contributed by atoms with E-state index in [1.165, 1.54) is 5.56 Å². The zero-order chi connectivity index (χ0) is 13.0. The third-order valence-electron chi connectivity index (χ3n) is 2.87. The van der Waals surface area contributed by atoms with Crippen LogP contribution in [0.4, 0.5) is 0 Å². The normalized spacial score (nSPS) is 10.3. The lowest BCUT2D eigenvalue weighted by Gasteiger charge is -2.05. The summed E-state index contributed by atoms with van der Waals surface area (Å²) >= 11 is 0. The van der Waals surface area contributed by atoms with Crippen molar-refractivity contribution in [3.63, 3.8) is 0 Å². The molecule has 0 saturated carbocycles. The van der Waals surface area contributed by atoms with Crippen molar-refractivity contribution in [1.82, 2.24) is 9.88 Å². The molecule has 2 aromatic rings. The van der Waals surface area contributed by atoms with Gasteiger partial charge >= 0.3 is 0 Å². The van der Waals surface area contributed by atoms with Gasteiger partial charge in [-0.15, -0.1) is 0 Å². The van der Waals surface area contributed by atoms with E-state index >= 15 is 0 Å². The van der Waals surface area contributed by atoms with Crippen LogP contribution in [0.2, 0.25) is 0 Å². The summed E-state index contributed by atoms with van der Waals surface area (Å²) in [7, 11) is 1.99. The monoisotopic (exact) mass is 242 g/mol. The van der Waals surface area contributed by atoms with Gasteiger partial charge in [-0.3, -0.25) is 4.79 Å². The first-order valence-electron chi connectivity index (χ1n) is 6.11. The minimum absolute atomic E-state index is 0.00497. The number of nitrogens with zero attached hydrogens (tertiary/aromatic N) is 1. The lowest BCUT2D eigenvalue weighted by atomic mass is 10.1. The van der Waals surface area contributed by atoms with Crippen LogP contribution in [0, 0.1) is 6.92 Å². The highest BCUT2D eigenvalue weighted by Gasteiger charge is 2.04. The van der Waals surface area contributed by atoms with Crippen molar-refractivity contribution in [2.45, 2.75) is 13.3 Å². The third-order valence-corrected chi connectivity index (χ3v) is 2.87. The Bertz CT molecular complexity index is 543. The highest BCUT2D eigenvalue weighted by atomic mass is 16.1. The fourth-order valence-electron chi connectivity index (χ4n) is 1.92. The summed E-state index contributed by atoms with van der Waals surface area (Å²) < 4.78 is 2.01. The Morgan fingerprint density at radius 3 is 2.83 bits per heavy atom. The predicted molar refractivity (Wildman–Crippen MR) is 72.6 cm³/mol. The molecule has 1 N–H and O–H groups in total. The highest BCUT2D eigenvalue weighted by molar-refractivity contribution is 5.94. The average Bonchev–Trinajstić information content (AvgIpc) is 2.75. The minimum Gasteiger partial charge on any atom is -0.357 e. The van der Waals surface area contributed by atoms with E-state index in [-0.39, 0.29) is 5.91 Å². The molecule has 1 amide bonds. The van der Waals surface area contributed by atoms with Crippen LogP contribution in [-0.4, -0.2) is 17.0 Å². The van der Waals surface area contributed by atoms with Crippen LogP contribution in [0.1, 0.15) is 21.5 Å². The van der Waals surface area contributed by atoms with E-state index in [0.717, 1.165) is 17.5 Å². The van der Waals surface area contributed by atoms with Crippen LogP contribution in [0.5, 0.6) is 0 Å². The number of benzene rings is 1. The zero-order valence-electron chi connectivity index (χ0n) is 10.8. The Morgan fingerprint density at radius 1 is 1.33 bits per heavy atom. The molecule has 0 aliphatic carbocycles. The molecule has 94 valence electrons. The summed E-state index contributed by atoms with van der Waals surface area (Å²) in [5, 5.41) is 2.94. The topological polar surface area (TPSA) is 34.0 Å². The SMILES string of the molecule is Cc1cccc(C(=O)NCCc2ccn(C)c2)c1. The van der Waals surface area contributed by atoms with Gasteiger partial charge in [0.05, 0.1) is 0 Å². The van der Waals surface area contributed by atoms with Crippen molar-refractivity contribution in [2.75, 3.05) is 6.54 Å². The molecule has 18 heavy (non-hydrogen) atoms. The van der Waals surface area contributed by atoms with E-state index in [0.29, 0.717) is 6.54 Å². The molecular formula is C15H18N2O. The number of nitrogens with one attached hydrogen (secondary N) is 1. The largest absolute Gasteiger partial charge is 0.357 e. The molecule has 0 spiro atoms. The van der Waals surface area contributed by atoms with E-state index in [2.05, 4.69) is 17.6 Å². The second-order valence-corrected chi connectivity index (χ2v) is 4.56. The number of rotatable bonds is 4. The van der Waals surface area contributed by atoms with Gasteiger partial charge in [-0.1, -0.05) is 17.7 Å². The Labute approximate surface area is 107 Å². The van der Waals surface area contributed by atoms with Crippen molar-refractivity contribution in [3.05, 3.63) is 59.4 Å². The highest BCUT2D eigenvalue weighted by Crippen LogP contribution is 2.04. The van der Waals surface area contributed by atoms with E-state index in [9.17, 15) is 4.79 Å². The van der Waals surface area contributed by atoms with E-state index in [1.807, 2.05) is 49.0 Å². The lowest BCUT2D eigenvalue weighted by Crippen LogP contribution is -2.25. The Hall–Kier alpha value is -2.03. The third kappa shape index (κ3) is 3.23. The van der Waals surface area contributed by atoms with Crippen LogP contribution < -0.4 is 5.32 Å². The van der Waals surface area contributed by atoms with E-state index in [4.69, 9.17) is 0 Å². The van der Waals surface area contributed by atoms with Gasteiger partial charge in [-0.05, 0) is 37.1 Å². The number of hydrogen-bond donors (Lipinski definition) is 1. The maximum absolute atomic E-state index is 11.9. The molecule has 1 aromatic heterocycles. The molecule has 0 fully saturated rings. The van der Waals surface area contributed by atoms with Crippen molar-refractivity contribution < 1.29 is 4.79 Å². The van der Waals surface area contributed by atoms with E-state index < -0.39 is 0 Å². The molecule has 2 rings (SSSR count). The molecule has 1 heterocycles. The Morgan fingerprint density at radius 2 is 2.17 bits per heavy atom. The molecule has 0 radical (unpaired) electrons. The van der Waals surface area contributed by atoms with Gasteiger partial charge in [-0.25, -0.2) is 0 Å². The molecule has 1 aromatic carbocycles. The van der Waals surface area contributed by atoms with Gasteiger partial charge in [0, 0.05) is 31.5 Å². The number of hydrogen-bond acceptors (Lipinski definition) is 1. The van der Waals surface area contributed by atoms with Crippen molar-refractivity contribution in [3.8, 4) is 0 Å². The molecule has 3 heteroatoms. The molecule has 0 aliphatic heterocycles. The molecular weight excluding hydrogens is 224 g/mol. The summed E-state index contributed by atoms with van der Waals surface area (Å²) in [6, 6.07) is 9.70. The summed E-state index contributed by atoms with van der Waals surface area (Å²) in [4.78, 5) is 11.9. The van der Waals surface area contributed by atoms with Crippen molar-refractivity contribution in [1.29, 1.82) is 0 Å². The smallest absolute Gasteiger partial charge is 0.251 e. The molecule has 0 aliphatic rings. The molecule has 3 nitrogen and oxygen atoms in total. The fourth-order valence-corrected chi connectivity index (χ4v) is 1.92. The van der Waals surface area contributed by atoms with Crippen LogP contribution in [0.15, 0.2) is 42.7 Å².